The van der Waals surface area contributed by atoms with Crippen LogP contribution in [0.2, 0.25) is 0 Å². The topological polar surface area (TPSA) is 69.0 Å². The van der Waals surface area contributed by atoms with E-state index in [1.54, 1.807) is 18.4 Å². The molecule has 0 bridgehead atoms. The van der Waals surface area contributed by atoms with Crippen molar-refractivity contribution in [1.29, 1.82) is 0 Å². The molecule has 1 N–H and O–H groups in total. The minimum Gasteiger partial charge on any atom is -0.383 e. The number of amides is 1. The van der Waals surface area contributed by atoms with Crippen LogP contribution in [0.15, 0.2) is 22.7 Å². The highest BCUT2D eigenvalue weighted by Crippen LogP contribution is 2.33. The fourth-order valence-electron chi connectivity index (χ4n) is 3.28. The van der Waals surface area contributed by atoms with Crippen LogP contribution >= 0.6 is 23.1 Å². The molecule has 0 spiro atoms. The molecule has 0 radical (unpaired) electrons. The van der Waals surface area contributed by atoms with Crippen LogP contribution in [0, 0.1) is 0 Å². The number of carbonyl (C=O) groups excluding carboxylic acids is 1. The summed E-state index contributed by atoms with van der Waals surface area (Å²) in [5, 5.41) is 14.7. The monoisotopic (exact) mass is 394 g/mol. The van der Waals surface area contributed by atoms with Crippen molar-refractivity contribution in [3.63, 3.8) is 0 Å². The van der Waals surface area contributed by atoms with E-state index in [2.05, 4.69) is 37.6 Å². The molecule has 0 aromatic carbocycles. The zero-order chi connectivity index (χ0) is 18.2. The molecule has 3 rings (SSSR count). The van der Waals surface area contributed by atoms with Gasteiger partial charge in [0.15, 0.2) is 5.16 Å². The molecule has 1 saturated carbocycles. The third-order valence-electron chi connectivity index (χ3n) is 4.55. The highest BCUT2D eigenvalue weighted by atomic mass is 32.2. The van der Waals surface area contributed by atoms with Gasteiger partial charge in [0.1, 0.15) is 5.82 Å². The Morgan fingerprint density at radius 1 is 1.38 bits per heavy atom. The van der Waals surface area contributed by atoms with Crippen molar-refractivity contribution in [2.24, 2.45) is 0 Å². The summed E-state index contributed by atoms with van der Waals surface area (Å²) in [5.41, 5.74) is 0. The molecule has 0 saturated heterocycles. The lowest BCUT2D eigenvalue weighted by Gasteiger charge is -2.25. The lowest BCUT2D eigenvalue weighted by Crippen LogP contribution is -2.28. The smallest absolute Gasteiger partial charge is 0.230 e. The second-order valence-electron chi connectivity index (χ2n) is 6.45. The third-order valence-corrected chi connectivity index (χ3v) is 6.37. The van der Waals surface area contributed by atoms with Crippen molar-refractivity contribution in [1.82, 2.24) is 20.1 Å². The average Bonchev–Trinajstić information content (AvgIpc) is 3.31. The number of aromatic nitrogens is 3. The van der Waals surface area contributed by atoms with Crippen molar-refractivity contribution in [2.45, 2.75) is 49.7 Å². The first kappa shape index (κ1) is 19.4. The Bertz CT molecular complexity index is 681. The molecular weight excluding hydrogens is 368 g/mol. The Kier molecular flexibility index (Phi) is 7.52. The molecule has 2 aromatic rings. The zero-order valence-electron chi connectivity index (χ0n) is 15.1. The maximum Gasteiger partial charge on any atom is 0.230 e. The molecule has 0 atom stereocenters. The minimum atomic E-state index is 0.00468. The van der Waals surface area contributed by atoms with Crippen LogP contribution in [0.4, 0.5) is 0 Å². The summed E-state index contributed by atoms with van der Waals surface area (Å²) < 4.78 is 7.26. The van der Waals surface area contributed by atoms with Gasteiger partial charge < -0.3 is 14.6 Å². The maximum atomic E-state index is 12.0. The van der Waals surface area contributed by atoms with E-state index in [-0.39, 0.29) is 5.91 Å². The van der Waals surface area contributed by atoms with Crippen molar-refractivity contribution in [2.75, 3.05) is 26.0 Å². The van der Waals surface area contributed by atoms with Crippen LogP contribution in [-0.4, -0.2) is 46.7 Å². The van der Waals surface area contributed by atoms with E-state index in [1.807, 2.05) is 0 Å². The molecule has 6 nitrogen and oxygen atoms in total. The Morgan fingerprint density at radius 2 is 2.23 bits per heavy atom. The standard InChI is InChI=1S/C18H26N4O2S2/c1-24-10-9-19-17(23)13-26-18-21-20-16(12-15-8-5-11-25-15)22(18)14-6-3-2-4-7-14/h5,8,11,14H,2-4,6-7,9-10,12-13H2,1H3,(H,19,23). The van der Waals surface area contributed by atoms with Crippen molar-refractivity contribution in [3.05, 3.63) is 28.2 Å². The fraction of sp³-hybridized carbons (Fsp3) is 0.611. The van der Waals surface area contributed by atoms with Gasteiger partial charge in [0.2, 0.25) is 5.91 Å². The quantitative estimate of drug-likeness (QED) is 0.522. The number of thiophene rings is 1. The molecule has 2 aromatic heterocycles. The molecule has 1 fully saturated rings. The second-order valence-corrected chi connectivity index (χ2v) is 8.42. The number of ether oxygens (including phenoxy) is 1. The van der Waals surface area contributed by atoms with Crippen LogP contribution in [-0.2, 0) is 16.0 Å². The van der Waals surface area contributed by atoms with Gasteiger partial charge in [-0.3, -0.25) is 4.79 Å². The molecule has 142 valence electrons. The van der Waals surface area contributed by atoms with Gasteiger partial charge in [0.05, 0.1) is 12.4 Å². The van der Waals surface area contributed by atoms with E-state index >= 15 is 0 Å². The Morgan fingerprint density at radius 3 is 2.96 bits per heavy atom. The molecular formula is C18H26N4O2S2. The second kappa shape index (κ2) is 10.1. The predicted octanol–water partition coefficient (Wildman–Crippen LogP) is 3.29. The highest BCUT2D eigenvalue weighted by molar-refractivity contribution is 7.99. The van der Waals surface area contributed by atoms with Crippen molar-refractivity contribution in [3.8, 4) is 0 Å². The first-order chi connectivity index (χ1) is 12.8. The Labute approximate surface area is 162 Å². The summed E-state index contributed by atoms with van der Waals surface area (Å²) in [6.45, 7) is 1.06. The summed E-state index contributed by atoms with van der Waals surface area (Å²) in [6.07, 6.45) is 6.96. The predicted molar refractivity (Wildman–Crippen MR) is 105 cm³/mol. The van der Waals surface area contributed by atoms with Gasteiger partial charge in [-0.1, -0.05) is 37.1 Å². The van der Waals surface area contributed by atoms with Gasteiger partial charge in [-0.25, -0.2) is 0 Å². The van der Waals surface area contributed by atoms with Crippen LogP contribution in [0.1, 0.15) is 48.8 Å². The summed E-state index contributed by atoms with van der Waals surface area (Å²) in [4.78, 5) is 13.3. The molecule has 8 heteroatoms. The number of methoxy groups -OCH3 is 1. The third kappa shape index (κ3) is 5.31. The number of carbonyl (C=O) groups is 1. The number of nitrogens with zero attached hydrogens (tertiary/aromatic N) is 3. The lowest BCUT2D eigenvalue weighted by atomic mass is 9.95. The number of hydrogen-bond acceptors (Lipinski definition) is 6. The van der Waals surface area contributed by atoms with Crippen molar-refractivity contribution < 1.29 is 9.53 Å². The Hall–Kier alpha value is -1.38. The Balaban J connectivity index is 1.69. The lowest BCUT2D eigenvalue weighted by molar-refractivity contribution is -0.118. The van der Waals surface area contributed by atoms with E-state index in [1.165, 1.54) is 48.7 Å². The summed E-state index contributed by atoms with van der Waals surface area (Å²) in [7, 11) is 1.63. The molecule has 1 aliphatic carbocycles. The maximum absolute atomic E-state index is 12.0. The molecule has 2 heterocycles. The van der Waals surface area contributed by atoms with Crippen LogP contribution in [0.5, 0.6) is 0 Å². The van der Waals surface area contributed by atoms with Crippen LogP contribution < -0.4 is 5.32 Å². The van der Waals surface area contributed by atoms with E-state index < -0.39 is 0 Å². The highest BCUT2D eigenvalue weighted by Gasteiger charge is 2.23. The minimum absolute atomic E-state index is 0.00468. The number of nitrogens with one attached hydrogen (secondary N) is 1. The van der Waals surface area contributed by atoms with E-state index in [4.69, 9.17) is 4.74 Å². The number of rotatable bonds is 9. The van der Waals surface area contributed by atoms with Gasteiger partial charge >= 0.3 is 0 Å². The van der Waals surface area contributed by atoms with E-state index in [9.17, 15) is 4.79 Å². The summed E-state index contributed by atoms with van der Waals surface area (Å²) in [6, 6.07) is 4.66. The van der Waals surface area contributed by atoms with Crippen LogP contribution in [0.3, 0.4) is 0 Å². The molecule has 1 amide bonds. The number of hydrogen-bond donors (Lipinski definition) is 1. The van der Waals surface area contributed by atoms with E-state index in [0.717, 1.165) is 17.4 Å². The normalized spacial score (nSPS) is 15.3. The van der Waals surface area contributed by atoms with Crippen molar-refractivity contribution >= 4 is 29.0 Å². The first-order valence-corrected chi connectivity index (χ1v) is 11.0. The van der Waals surface area contributed by atoms with Gasteiger partial charge in [0, 0.05) is 31.0 Å². The first-order valence-electron chi connectivity index (χ1n) is 9.12. The average molecular weight is 395 g/mol. The van der Waals surface area contributed by atoms with Gasteiger partial charge in [-0.15, -0.1) is 21.5 Å². The SMILES string of the molecule is COCCNC(=O)CSc1nnc(Cc2cccs2)n1C1CCCCC1. The number of thioether (sulfide) groups is 1. The van der Waals surface area contributed by atoms with Crippen LogP contribution in [0.25, 0.3) is 0 Å². The molecule has 26 heavy (non-hydrogen) atoms. The fourth-order valence-corrected chi connectivity index (χ4v) is 4.83. The molecule has 1 aliphatic rings. The molecule has 0 unspecified atom stereocenters. The largest absolute Gasteiger partial charge is 0.383 e. The van der Waals surface area contributed by atoms with E-state index in [0.29, 0.717) is 24.9 Å². The summed E-state index contributed by atoms with van der Waals surface area (Å²) >= 11 is 3.23. The van der Waals surface area contributed by atoms with Gasteiger partial charge in [0.25, 0.3) is 0 Å². The molecule has 0 aliphatic heterocycles. The van der Waals surface area contributed by atoms with Gasteiger partial charge in [-0.2, -0.15) is 0 Å². The van der Waals surface area contributed by atoms with Gasteiger partial charge in [-0.05, 0) is 24.3 Å². The summed E-state index contributed by atoms with van der Waals surface area (Å²) in [5.74, 6) is 1.37. The zero-order valence-corrected chi connectivity index (χ0v) is 16.8.